The number of aromatic nitrogens is 2. The van der Waals surface area contributed by atoms with Crippen molar-refractivity contribution in [3.8, 4) is 0 Å². The van der Waals surface area contributed by atoms with Crippen LogP contribution in [0.4, 0.5) is 0 Å². The Hall–Kier alpha value is -0.560. The minimum atomic E-state index is -0.216. The smallest absolute Gasteiger partial charge is 0.131 e. The third kappa shape index (κ3) is 3.13. The molecule has 5 nitrogen and oxygen atoms in total. The van der Waals surface area contributed by atoms with E-state index in [0.29, 0.717) is 6.04 Å². The summed E-state index contributed by atoms with van der Waals surface area (Å²) in [5.41, 5.74) is 0. The molecule has 0 unspecified atom stereocenters. The quantitative estimate of drug-likeness (QED) is 0.892. The molecular formula is C13H22N4OS. The molecule has 2 aliphatic rings. The minimum Gasteiger partial charge on any atom is -0.390 e. The van der Waals surface area contributed by atoms with Gasteiger partial charge in [-0.3, -0.25) is 9.80 Å². The van der Waals surface area contributed by atoms with Crippen molar-refractivity contribution in [2.45, 2.75) is 44.9 Å². The zero-order valence-electron chi connectivity index (χ0n) is 11.5. The summed E-state index contributed by atoms with van der Waals surface area (Å²) in [6.45, 7) is 6.82. The van der Waals surface area contributed by atoms with Crippen LogP contribution in [0.5, 0.6) is 0 Å². The van der Waals surface area contributed by atoms with Gasteiger partial charge in [-0.25, -0.2) is 0 Å². The number of rotatable bonds is 3. The van der Waals surface area contributed by atoms with Crippen molar-refractivity contribution in [1.82, 2.24) is 20.0 Å². The summed E-state index contributed by atoms with van der Waals surface area (Å²) in [4.78, 5) is 4.78. The monoisotopic (exact) mass is 282 g/mol. The average molecular weight is 282 g/mol. The Morgan fingerprint density at radius 1 is 1.21 bits per heavy atom. The van der Waals surface area contributed by atoms with E-state index in [0.717, 1.165) is 42.7 Å². The van der Waals surface area contributed by atoms with Crippen LogP contribution in [-0.4, -0.2) is 63.4 Å². The molecule has 2 fully saturated rings. The highest BCUT2D eigenvalue weighted by atomic mass is 32.1. The fourth-order valence-electron chi connectivity index (χ4n) is 3.18. The third-order valence-electron chi connectivity index (χ3n) is 4.12. The molecule has 3 heterocycles. The van der Waals surface area contributed by atoms with Gasteiger partial charge in [0.1, 0.15) is 10.0 Å². The van der Waals surface area contributed by atoms with Gasteiger partial charge < -0.3 is 5.11 Å². The topological polar surface area (TPSA) is 52.5 Å². The summed E-state index contributed by atoms with van der Waals surface area (Å²) in [5, 5.41) is 20.6. The molecule has 1 aromatic heterocycles. The molecule has 2 atom stereocenters. The molecule has 0 aliphatic carbocycles. The Labute approximate surface area is 118 Å². The molecule has 19 heavy (non-hydrogen) atoms. The number of hydrogen-bond acceptors (Lipinski definition) is 6. The minimum absolute atomic E-state index is 0.216. The van der Waals surface area contributed by atoms with Crippen molar-refractivity contribution in [3.05, 3.63) is 10.0 Å². The lowest BCUT2D eigenvalue weighted by Crippen LogP contribution is -2.45. The molecule has 2 saturated heterocycles. The Bertz CT molecular complexity index is 419. The lowest BCUT2D eigenvalue weighted by Gasteiger charge is -2.33. The van der Waals surface area contributed by atoms with E-state index in [1.165, 1.54) is 19.3 Å². The second kappa shape index (κ2) is 5.83. The summed E-state index contributed by atoms with van der Waals surface area (Å²) < 4.78 is 0. The molecule has 0 amide bonds. The first-order chi connectivity index (χ1) is 9.22. The zero-order chi connectivity index (χ0) is 13.2. The summed E-state index contributed by atoms with van der Waals surface area (Å²) >= 11 is 1.65. The molecule has 0 saturated carbocycles. The Morgan fingerprint density at radius 3 is 2.68 bits per heavy atom. The largest absolute Gasteiger partial charge is 0.390 e. The van der Waals surface area contributed by atoms with Gasteiger partial charge in [-0.2, -0.15) is 0 Å². The highest BCUT2D eigenvalue weighted by Gasteiger charge is 2.36. The van der Waals surface area contributed by atoms with Gasteiger partial charge in [0, 0.05) is 19.1 Å². The van der Waals surface area contributed by atoms with E-state index in [4.69, 9.17) is 0 Å². The summed E-state index contributed by atoms with van der Waals surface area (Å²) in [7, 11) is 0. The second-order valence-corrected chi connectivity index (χ2v) is 6.91. The summed E-state index contributed by atoms with van der Waals surface area (Å²) in [6.07, 6.45) is 3.68. The van der Waals surface area contributed by atoms with E-state index in [1.54, 1.807) is 11.3 Å². The molecule has 106 valence electrons. The maximum absolute atomic E-state index is 10.3. The van der Waals surface area contributed by atoms with Crippen LogP contribution in [0, 0.1) is 6.92 Å². The van der Waals surface area contributed by atoms with Gasteiger partial charge in [0.05, 0.1) is 12.6 Å². The molecule has 2 aliphatic heterocycles. The lowest BCUT2D eigenvalue weighted by molar-refractivity contribution is 0.0706. The van der Waals surface area contributed by atoms with Gasteiger partial charge >= 0.3 is 0 Å². The predicted octanol–water partition coefficient (Wildman–Crippen LogP) is 0.878. The van der Waals surface area contributed by atoms with Gasteiger partial charge in [0.15, 0.2) is 0 Å². The van der Waals surface area contributed by atoms with Gasteiger partial charge in [-0.05, 0) is 32.9 Å². The summed E-state index contributed by atoms with van der Waals surface area (Å²) in [6, 6.07) is 0.314. The van der Waals surface area contributed by atoms with Gasteiger partial charge in [-0.15, -0.1) is 21.5 Å². The number of β-amino-alcohol motifs (C(OH)–C–C–N with tert-alkyl or cyclic N) is 1. The standard InChI is InChI=1S/C13H22N4OS/c1-10-14-15-13(19-10)9-16-7-11(12(18)8-16)17-5-3-2-4-6-17/h11-12,18H,2-9H2,1H3/t11-,12-/m1/s1. The average Bonchev–Trinajstić information content (AvgIpc) is 2.97. The number of hydrogen-bond donors (Lipinski definition) is 1. The van der Waals surface area contributed by atoms with Crippen molar-refractivity contribution < 1.29 is 5.11 Å². The molecule has 1 aromatic rings. The van der Waals surface area contributed by atoms with Crippen LogP contribution in [0.1, 0.15) is 29.3 Å². The van der Waals surface area contributed by atoms with Crippen molar-refractivity contribution in [2.75, 3.05) is 26.2 Å². The van der Waals surface area contributed by atoms with Crippen LogP contribution in [0.2, 0.25) is 0 Å². The Morgan fingerprint density at radius 2 is 2.00 bits per heavy atom. The first-order valence-electron chi connectivity index (χ1n) is 7.16. The fraction of sp³-hybridized carbons (Fsp3) is 0.846. The highest BCUT2D eigenvalue weighted by Crippen LogP contribution is 2.22. The molecule has 0 aromatic carbocycles. The third-order valence-corrected chi connectivity index (χ3v) is 4.94. The number of nitrogens with zero attached hydrogens (tertiary/aromatic N) is 4. The number of likely N-dealkylation sites (tertiary alicyclic amines) is 2. The van der Waals surface area contributed by atoms with Crippen LogP contribution in [0.3, 0.4) is 0 Å². The van der Waals surface area contributed by atoms with Crippen LogP contribution < -0.4 is 0 Å². The van der Waals surface area contributed by atoms with Crippen LogP contribution >= 0.6 is 11.3 Å². The molecule has 0 spiro atoms. The van der Waals surface area contributed by atoms with Crippen molar-refractivity contribution in [1.29, 1.82) is 0 Å². The first kappa shape index (κ1) is 13.4. The molecular weight excluding hydrogens is 260 g/mol. The van der Waals surface area contributed by atoms with Gasteiger partial charge in [-0.1, -0.05) is 6.42 Å². The van der Waals surface area contributed by atoms with E-state index in [-0.39, 0.29) is 6.10 Å². The van der Waals surface area contributed by atoms with E-state index in [9.17, 15) is 5.11 Å². The maximum Gasteiger partial charge on any atom is 0.131 e. The number of aliphatic hydroxyl groups is 1. The first-order valence-corrected chi connectivity index (χ1v) is 7.97. The lowest BCUT2D eigenvalue weighted by atomic mass is 10.1. The van der Waals surface area contributed by atoms with Gasteiger partial charge in [0.25, 0.3) is 0 Å². The second-order valence-electron chi connectivity index (χ2n) is 5.64. The van der Waals surface area contributed by atoms with Crippen LogP contribution in [0.15, 0.2) is 0 Å². The SMILES string of the molecule is Cc1nnc(CN2C[C@@H](O)[C@H](N3CCCCC3)C2)s1. The number of aliphatic hydroxyl groups excluding tert-OH is 1. The van der Waals surface area contributed by atoms with Crippen LogP contribution in [0.25, 0.3) is 0 Å². The van der Waals surface area contributed by atoms with Gasteiger partial charge in [0.2, 0.25) is 0 Å². The number of piperidine rings is 1. The van der Waals surface area contributed by atoms with E-state index in [1.807, 2.05) is 6.92 Å². The predicted molar refractivity (Wildman–Crippen MR) is 75.1 cm³/mol. The molecule has 0 bridgehead atoms. The fourth-order valence-corrected chi connectivity index (χ4v) is 3.93. The van der Waals surface area contributed by atoms with Crippen molar-refractivity contribution in [2.24, 2.45) is 0 Å². The van der Waals surface area contributed by atoms with E-state index in [2.05, 4.69) is 20.0 Å². The Balaban J connectivity index is 1.58. The van der Waals surface area contributed by atoms with E-state index < -0.39 is 0 Å². The molecule has 3 rings (SSSR count). The maximum atomic E-state index is 10.3. The Kier molecular flexibility index (Phi) is 4.12. The normalized spacial score (nSPS) is 30.0. The van der Waals surface area contributed by atoms with E-state index >= 15 is 0 Å². The highest BCUT2D eigenvalue weighted by molar-refractivity contribution is 7.11. The molecule has 1 N–H and O–H groups in total. The van der Waals surface area contributed by atoms with Crippen LogP contribution in [-0.2, 0) is 6.54 Å². The van der Waals surface area contributed by atoms with Crippen molar-refractivity contribution in [3.63, 3.8) is 0 Å². The molecule has 0 radical (unpaired) electrons. The zero-order valence-corrected chi connectivity index (χ0v) is 12.3. The van der Waals surface area contributed by atoms with Crippen molar-refractivity contribution >= 4 is 11.3 Å². The summed E-state index contributed by atoms with van der Waals surface area (Å²) in [5.74, 6) is 0. The number of aryl methyl sites for hydroxylation is 1. The molecule has 6 heteroatoms.